The molecule has 1 aromatic rings. The molecule has 7 heteroatoms. The zero-order valence-corrected chi connectivity index (χ0v) is 11.2. The predicted octanol–water partition coefficient (Wildman–Crippen LogP) is 2.76. The fourth-order valence-corrected chi connectivity index (χ4v) is 2.44. The van der Waals surface area contributed by atoms with Gasteiger partial charge in [0.15, 0.2) is 0 Å². The van der Waals surface area contributed by atoms with E-state index in [2.05, 4.69) is 5.32 Å². The first kappa shape index (κ1) is 15.5. The summed E-state index contributed by atoms with van der Waals surface area (Å²) in [4.78, 5) is 0. The number of anilines is 1. The van der Waals surface area contributed by atoms with Gasteiger partial charge < -0.3 is 5.32 Å². The van der Waals surface area contributed by atoms with E-state index < -0.39 is 28.1 Å². The van der Waals surface area contributed by atoms with Crippen LogP contribution in [0.2, 0.25) is 0 Å². The van der Waals surface area contributed by atoms with Gasteiger partial charge in [-0.25, -0.2) is 0 Å². The van der Waals surface area contributed by atoms with Crippen LogP contribution in [-0.2, 0) is 17.0 Å². The fourth-order valence-electron chi connectivity index (χ4n) is 1.65. The van der Waals surface area contributed by atoms with Crippen molar-refractivity contribution in [3.05, 3.63) is 29.3 Å². The zero-order valence-electron chi connectivity index (χ0n) is 10.4. The maximum absolute atomic E-state index is 12.6. The second-order valence-corrected chi connectivity index (χ2v) is 5.63. The largest absolute Gasteiger partial charge is 0.417 e. The highest BCUT2D eigenvalue weighted by atomic mass is 32.2. The molecule has 2 atom stereocenters. The Kier molecular flexibility index (Phi) is 4.95. The first-order valence-electron chi connectivity index (χ1n) is 5.42. The van der Waals surface area contributed by atoms with E-state index in [0.717, 1.165) is 12.1 Å². The quantitative estimate of drug-likeness (QED) is 0.927. The highest BCUT2D eigenvalue weighted by molar-refractivity contribution is 7.84. The second-order valence-electron chi connectivity index (χ2n) is 4.16. The van der Waals surface area contributed by atoms with Crippen LogP contribution in [0.15, 0.2) is 18.2 Å². The van der Waals surface area contributed by atoms with Gasteiger partial charge in [0.05, 0.1) is 17.2 Å². The van der Waals surface area contributed by atoms with Crippen LogP contribution in [0.4, 0.5) is 18.9 Å². The van der Waals surface area contributed by atoms with Gasteiger partial charge in [0.2, 0.25) is 0 Å². The van der Waals surface area contributed by atoms with Crippen LogP contribution in [-0.4, -0.2) is 22.3 Å². The summed E-state index contributed by atoms with van der Waals surface area (Å²) in [5.74, 6) is 0.378. The Labute approximate surface area is 111 Å². The smallest absolute Gasteiger partial charge is 0.382 e. The summed E-state index contributed by atoms with van der Waals surface area (Å²) in [7, 11) is -1.00. The summed E-state index contributed by atoms with van der Waals surface area (Å²) in [6, 6.07) is 4.66. The Morgan fingerprint density at radius 2 is 2.11 bits per heavy atom. The Hall–Kier alpha value is -1.55. The Morgan fingerprint density at radius 3 is 2.58 bits per heavy atom. The van der Waals surface area contributed by atoms with Crippen LogP contribution in [0, 0.1) is 11.3 Å². The normalized spacial score (nSPS) is 14.5. The van der Waals surface area contributed by atoms with E-state index in [9.17, 15) is 17.4 Å². The van der Waals surface area contributed by atoms with E-state index in [1.165, 1.54) is 12.1 Å². The first-order chi connectivity index (χ1) is 8.74. The molecule has 0 radical (unpaired) electrons. The van der Waals surface area contributed by atoms with E-state index in [0.29, 0.717) is 11.4 Å². The van der Waals surface area contributed by atoms with E-state index in [-0.39, 0.29) is 6.04 Å². The van der Waals surface area contributed by atoms with Crippen molar-refractivity contribution in [2.75, 3.05) is 17.3 Å². The van der Waals surface area contributed by atoms with Crippen molar-refractivity contribution in [2.24, 2.45) is 0 Å². The lowest BCUT2D eigenvalue weighted by Gasteiger charge is -2.15. The predicted molar refractivity (Wildman–Crippen MR) is 68.2 cm³/mol. The summed E-state index contributed by atoms with van der Waals surface area (Å²) >= 11 is 0. The van der Waals surface area contributed by atoms with Gasteiger partial charge in [-0.15, -0.1) is 0 Å². The molecule has 0 heterocycles. The number of halogens is 3. The molecule has 0 bridgehead atoms. The third kappa shape index (κ3) is 4.56. The standard InChI is InChI=1S/C12H13F3N2OS/c1-8(7-19(2)18)17-10-3-4-11(12(13,14)15)9(5-10)6-16/h3-5,8,17H,7H2,1-2H3/t8-,19+/m0/s1. The first-order valence-corrected chi connectivity index (χ1v) is 7.14. The van der Waals surface area contributed by atoms with Crippen molar-refractivity contribution in [3.8, 4) is 6.07 Å². The summed E-state index contributed by atoms with van der Waals surface area (Å²) in [6.07, 6.45) is -2.99. The highest BCUT2D eigenvalue weighted by Crippen LogP contribution is 2.33. The van der Waals surface area contributed by atoms with Crippen molar-refractivity contribution >= 4 is 16.5 Å². The molecule has 0 aromatic heterocycles. The SMILES string of the molecule is C[C@@H](C[S@@](C)=O)Nc1ccc(C(F)(F)F)c(C#N)c1. The van der Waals surface area contributed by atoms with Gasteiger partial charge in [-0.05, 0) is 25.1 Å². The van der Waals surface area contributed by atoms with Crippen molar-refractivity contribution in [1.82, 2.24) is 0 Å². The molecule has 3 nitrogen and oxygen atoms in total. The third-order valence-corrected chi connectivity index (χ3v) is 3.31. The van der Waals surface area contributed by atoms with E-state index in [4.69, 9.17) is 5.26 Å². The summed E-state index contributed by atoms with van der Waals surface area (Å²) in [5.41, 5.74) is -0.975. The zero-order chi connectivity index (χ0) is 14.6. The topological polar surface area (TPSA) is 52.9 Å². The van der Waals surface area contributed by atoms with Crippen LogP contribution < -0.4 is 5.32 Å². The number of benzene rings is 1. The third-order valence-electron chi connectivity index (χ3n) is 2.34. The van der Waals surface area contributed by atoms with Crippen molar-refractivity contribution < 1.29 is 17.4 Å². The van der Waals surface area contributed by atoms with Crippen LogP contribution in [0.5, 0.6) is 0 Å². The number of rotatable bonds is 4. The molecular formula is C12H13F3N2OS. The molecule has 104 valence electrons. The summed E-state index contributed by atoms with van der Waals surface area (Å²) in [6.45, 7) is 1.77. The number of nitriles is 1. The van der Waals surface area contributed by atoms with Crippen molar-refractivity contribution in [1.29, 1.82) is 5.26 Å². The van der Waals surface area contributed by atoms with Gasteiger partial charge >= 0.3 is 6.18 Å². The molecule has 1 aromatic carbocycles. The van der Waals surface area contributed by atoms with Crippen LogP contribution in [0.1, 0.15) is 18.1 Å². The molecule has 0 amide bonds. The molecule has 0 fully saturated rings. The summed E-state index contributed by atoms with van der Waals surface area (Å²) in [5, 5.41) is 11.7. The molecule has 0 aliphatic heterocycles. The molecule has 19 heavy (non-hydrogen) atoms. The molecule has 1 N–H and O–H groups in total. The fraction of sp³-hybridized carbons (Fsp3) is 0.417. The van der Waals surface area contributed by atoms with Gasteiger partial charge in [0.1, 0.15) is 0 Å². The second kappa shape index (κ2) is 6.06. The van der Waals surface area contributed by atoms with E-state index in [1.807, 2.05) is 0 Å². The van der Waals surface area contributed by atoms with Crippen molar-refractivity contribution in [2.45, 2.75) is 19.1 Å². The highest BCUT2D eigenvalue weighted by Gasteiger charge is 2.33. The Bertz CT molecular complexity index is 523. The van der Waals surface area contributed by atoms with Gasteiger partial charge in [-0.2, -0.15) is 18.4 Å². The monoisotopic (exact) mass is 290 g/mol. The van der Waals surface area contributed by atoms with Gasteiger partial charge in [0, 0.05) is 34.5 Å². The van der Waals surface area contributed by atoms with Gasteiger partial charge in [-0.3, -0.25) is 4.21 Å². The molecule has 0 unspecified atom stereocenters. The summed E-state index contributed by atoms with van der Waals surface area (Å²) < 4.78 is 48.8. The van der Waals surface area contributed by atoms with Gasteiger partial charge in [-0.1, -0.05) is 0 Å². The maximum atomic E-state index is 12.6. The number of hydrogen-bond donors (Lipinski definition) is 1. The Balaban J connectivity index is 2.96. The minimum absolute atomic E-state index is 0.158. The van der Waals surface area contributed by atoms with E-state index >= 15 is 0 Å². The average molecular weight is 290 g/mol. The van der Waals surface area contributed by atoms with Crippen LogP contribution >= 0.6 is 0 Å². The lowest BCUT2D eigenvalue weighted by molar-refractivity contribution is -0.137. The number of hydrogen-bond acceptors (Lipinski definition) is 3. The minimum atomic E-state index is -4.54. The molecule has 1 rings (SSSR count). The maximum Gasteiger partial charge on any atom is 0.417 e. The molecular weight excluding hydrogens is 277 g/mol. The number of nitrogens with zero attached hydrogens (tertiary/aromatic N) is 1. The van der Waals surface area contributed by atoms with E-state index in [1.54, 1.807) is 13.2 Å². The van der Waals surface area contributed by atoms with Crippen LogP contribution in [0.3, 0.4) is 0 Å². The molecule has 0 aliphatic rings. The van der Waals surface area contributed by atoms with Crippen LogP contribution in [0.25, 0.3) is 0 Å². The number of alkyl halides is 3. The lowest BCUT2D eigenvalue weighted by atomic mass is 10.1. The average Bonchev–Trinajstić information content (AvgIpc) is 2.25. The molecule has 0 saturated heterocycles. The lowest BCUT2D eigenvalue weighted by Crippen LogP contribution is -2.22. The van der Waals surface area contributed by atoms with Crippen molar-refractivity contribution in [3.63, 3.8) is 0 Å². The molecule has 0 saturated carbocycles. The molecule has 0 spiro atoms. The number of nitrogens with one attached hydrogen (secondary N) is 1. The minimum Gasteiger partial charge on any atom is -0.382 e. The Morgan fingerprint density at radius 1 is 1.47 bits per heavy atom. The molecule has 0 aliphatic carbocycles. The van der Waals surface area contributed by atoms with Gasteiger partial charge in [0.25, 0.3) is 0 Å².